The molecule has 1 rings (SSSR count). The van der Waals surface area contributed by atoms with Gasteiger partial charge in [0.25, 0.3) is 0 Å². The van der Waals surface area contributed by atoms with Gasteiger partial charge in [0, 0.05) is 0 Å². The summed E-state index contributed by atoms with van der Waals surface area (Å²) >= 11 is 0. The molecule has 0 saturated heterocycles. The van der Waals surface area contributed by atoms with Crippen LogP contribution in [0, 0.1) is 5.92 Å². The van der Waals surface area contributed by atoms with Crippen LogP contribution in [0.1, 0.15) is 40.5 Å². The zero-order valence-electron chi connectivity index (χ0n) is 7.98. The third-order valence-electron chi connectivity index (χ3n) is 2.77. The SMILES string of the molecule is CC1=COC(C)(C(C)C)CC1. The van der Waals surface area contributed by atoms with E-state index in [1.165, 1.54) is 12.0 Å². The maximum absolute atomic E-state index is 5.68. The molecule has 0 N–H and O–H groups in total. The Labute approximate surface area is 69.4 Å². The number of rotatable bonds is 1. The second kappa shape index (κ2) is 2.88. The molecule has 1 aliphatic heterocycles. The van der Waals surface area contributed by atoms with Crippen LogP contribution in [-0.4, -0.2) is 5.60 Å². The third-order valence-corrected chi connectivity index (χ3v) is 2.77. The van der Waals surface area contributed by atoms with Crippen LogP contribution < -0.4 is 0 Å². The maximum atomic E-state index is 5.68. The highest BCUT2D eigenvalue weighted by atomic mass is 16.5. The van der Waals surface area contributed by atoms with Crippen molar-refractivity contribution in [1.82, 2.24) is 0 Å². The maximum Gasteiger partial charge on any atom is 0.108 e. The molecule has 0 bridgehead atoms. The summed E-state index contributed by atoms with van der Waals surface area (Å²) in [5, 5.41) is 0. The Balaban J connectivity index is 2.64. The molecule has 0 saturated carbocycles. The Hall–Kier alpha value is -0.460. The first-order valence-electron chi connectivity index (χ1n) is 4.38. The van der Waals surface area contributed by atoms with E-state index in [0.717, 1.165) is 6.42 Å². The van der Waals surface area contributed by atoms with Crippen LogP contribution >= 0.6 is 0 Å². The average molecular weight is 154 g/mol. The van der Waals surface area contributed by atoms with Crippen LogP contribution in [0.15, 0.2) is 11.8 Å². The summed E-state index contributed by atoms with van der Waals surface area (Å²) in [4.78, 5) is 0. The normalized spacial score (nSPS) is 31.5. The number of hydrogen-bond acceptors (Lipinski definition) is 1. The van der Waals surface area contributed by atoms with Gasteiger partial charge in [0.15, 0.2) is 0 Å². The first-order chi connectivity index (χ1) is 5.04. The van der Waals surface area contributed by atoms with Crippen LogP contribution in [-0.2, 0) is 4.74 Å². The lowest BCUT2D eigenvalue weighted by Crippen LogP contribution is -2.35. The summed E-state index contributed by atoms with van der Waals surface area (Å²) in [6.45, 7) is 8.75. The van der Waals surface area contributed by atoms with Gasteiger partial charge in [-0.05, 0) is 38.2 Å². The second-order valence-corrected chi connectivity index (χ2v) is 4.05. The van der Waals surface area contributed by atoms with E-state index >= 15 is 0 Å². The fraction of sp³-hybridized carbons (Fsp3) is 0.800. The molecule has 1 atom stereocenters. The Morgan fingerprint density at radius 3 is 2.55 bits per heavy atom. The van der Waals surface area contributed by atoms with Gasteiger partial charge in [-0.3, -0.25) is 0 Å². The molecule has 1 heteroatoms. The molecule has 11 heavy (non-hydrogen) atoms. The van der Waals surface area contributed by atoms with Crippen LogP contribution in [0.25, 0.3) is 0 Å². The van der Waals surface area contributed by atoms with Crippen molar-refractivity contribution in [3.05, 3.63) is 11.8 Å². The molecule has 64 valence electrons. The van der Waals surface area contributed by atoms with Gasteiger partial charge < -0.3 is 4.74 Å². The van der Waals surface area contributed by atoms with E-state index in [4.69, 9.17) is 4.74 Å². The topological polar surface area (TPSA) is 9.23 Å². The predicted molar refractivity (Wildman–Crippen MR) is 47.3 cm³/mol. The molecule has 1 unspecified atom stereocenters. The van der Waals surface area contributed by atoms with Gasteiger partial charge in [-0.2, -0.15) is 0 Å². The van der Waals surface area contributed by atoms with Gasteiger partial charge in [-0.1, -0.05) is 13.8 Å². The molecular weight excluding hydrogens is 136 g/mol. The summed E-state index contributed by atoms with van der Waals surface area (Å²) in [5.41, 5.74) is 1.45. The first-order valence-corrected chi connectivity index (χ1v) is 4.38. The van der Waals surface area contributed by atoms with E-state index in [9.17, 15) is 0 Å². The lowest BCUT2D eigenvalue weighted by molar-refractivity contribution is -0.0213. The quantitative estimate of drug-likeness (QED) is 0.564. The van der Waals surface area contributed by atoms with Crippen molar-refractivity contribution in [1.29, 1.82) is 0 Å². The Kier molecular flexibility index (Phi) is 2.26. The van der Waals surface area contributed by atoms with Gasteiger partial charge >= 0.3 is 0 Å². The van der Waals surface area contributed by atoms with Crippen molar-refractivity contribution in [3.8, 4) is 0 Å². The van der Waals surface area contributed by atoms with Crippen LogP contribution in [0.5, 0.6) is 0 Å². The Bertz CT molecular complexity index is 170. The molecule has 0 aromatic carbocycles. The van der Waals surface area contributed by atoms with E-state index < -0.39 is 0 Å². The molecule has 0 fully saturated rings. The van der Waals surface area contributed by atoms with E-state index in [-0.39, 0.29) is 5.60 Å². The van der Waals surface area contributed by atoms with Crippen molar-refractivity contribution in [2.75, 3.05) is 0 Å². The zero-order valence-corrected chi connectivity index (χ0v) is 7.98. The molecule has 0 spiro atoms. The summed E-state index contributed by atoms with van der Waals surface area (Å²) in [6, 6.07) is 0. The molecule has 1 heterocycles. The van der Waals surface area contributed by atoms with Gasteiger partial charge in [0.1, 0.15) is 5.60 Å². The minimum absolute atomic E-state index is 0.0828. The van der Waals surface area contributed by atoms with Gasteiger partial charge in [0.2, 0.25) is 0 Å². The second-order valence-electron chi connectivity index (χ2n) is 4.05. The fourth-order valence-electron chi connectivity index (χ4n) is 1.22. The molecule has 0 aliphatic carbocycles. The first kappa shape index (κ1) is 8.63. The molecule has 1 aliphatic rings. The highest BCUT2D eigenvalue weighted by molar-refractivity contribution is 5.01. The monoisotopic (exact) mass is 154 g/mol. The predicted octanol–water partition coefficient (Wildman–Crippen LogP) is 3.12. The Morgan fingerprint density at radius 2 is 2.18 bits per heavy atom. The van der Waals surface area contributed by atoms with E-state index in [1.807, 2.05) is 6.26 Å². The summed E-state index contributed by atoms with van der Waals surface area (Å²) in [6.07, 6.45) is 4.27. The number of ether oxygens (including phenoxy) is 1. The standard InChI is InChI=1S/C10H18O/c1-8(2)10(4)6-5-9(3)7-11-10/h7-8H,5-6H2,1-4H3. The van der Waals surface area contributed by atoms with E-state index in [2.05, 4.69) is 27.7 Å². The molecule has 0 aromatic heterocycles. The van der Waals surface area contributed by atoms with Crippen LogP contribution in [0.2, 0.25) is 0 Å². The lowest BCUT2D eigenvalue weighted by Gasteiger charge is -2.36. The molecule has 0 radical (unpaired) electrons. The van der Waals surface area contributed by atoms with Gasteiger partial charge in [-0.25, -0.2) is 0 Å². The molecule has 0 aromatic rings. The average Bonchev–Trinajstić information content (AvgIpc) is 1.95. The minimum Gasteiger partial charge on any atom is -0.495 e. The van der Waals surface area contributed by atoms with Gasteiger partial charge in [0.05, 0.1) is 6.26 Å². The van der Waals surface area contributed by atoms with Crippen molar-refractivity contribution < 1.29 is 4.74 Å². The molecule has 1 nitrogen and oxygen atoms in total. The smallest absolute Gasteiger partial charge is 0.108 e. The summed E-state index contributed by atoms with van der Waals surface area (Å²) < 4.78 is 5.68. The summed E-state index contributed by atoms with van der Waals surface area (Å²) in [7, 11) is 0. The largest absolute Gasteiger partial charge is 0.495 e. The zero-order chi connectivity index (χ0) is 8.48. The highest BCUT2D eigenvalue weighted by Crippen LogP contribution is 2.32. The Morgan fingerprint density at radius 1 is 1.55 bits per heavy atom. The van der Waals surface area contributed by atoms with E-state index in [1.54, 1.807) is 0 Å². The van der Waals surface area contributed by atoms with E-state index in [0.29, 0.717) is 5.92 Å². The van der Waals surface area contributed by atoms with Crippen molar-refractivity contribution in [2.24, 2.45) is 5.92 Å². The van der Waals surface area contributed by atoms with Crippen molar-refractivity contribution >= 4 is 0 Å². The minimum atomic E-state index is 0.0828. The van der Waals surface area contributed by atoms with Gasteiger partial charge in [-0.15, -0.1) is 0 Å². The third kappa shape index (κ3) is 1.76. The van der Waals surface area contributed by atoms with Crippen LogP contribution in [0.4, 0.5) is 0 Å². The molecular formula is C10H18O. The molecule has 0 amide bonds. The van der Waals surface area contributed by atoms with Crippen molar-refractivity contribution in [3.63, 3.8) is 0 Å². The number of allylic oxidation sites excluding steroid dienone is 1. The fourth-order valence-corrected chi connectivity index (χ4v) is 1.22. The lowest BCUT2D eigenvalue weighted by atomic mass is 9.85. The van der Waals surface area contributed by atoms with Crippen LogP contribution in [0.3, 0.4) is 0 Å². The number of hydrogen-bond donors (Lipinski definition) is 0. The summed E-state index contributed by atoms with van der Waals surface area (Å²) in [5.74, 6) is 0.604. The highest BCUT2D eigenvalue weighted by Gasteiger charge is 2.31. The van der Waals surface area contributed by atoms with Crippen molar-refractivity contribution in [2.45, 2.75) is 46.1 Å².